The number of tetrazole rings is 1. The molecule has 0 saturated heterocycles. The quantitative estimate of drug-likeness (QED) is 0.510. The standard InChI is InChI=1S/C20H26N6O2S/c1-4-25(5-2)17(18-10-7-11-28-18)13-21-19(27)14-29-20-22-23-24-26(20)16-9-6-8-15(3)12-16/h6-12,17H,4-5,13-14H2,1-3H3,(H,21,27). The minimum atomic E-state index is -0.0718. The number of carbonyl (C=O) groups is 1. The second-order valence-corrected chi connectivity index (χ2v) is 7.50. The van der Waals surface area contributed by atoms with Crippen LogP contribution in [-0.2, 0) is 4.79 Å². The Morgan fingerprint density at radius 3 is 2.79 bits per heavy atom. The van der Waals surface area contributed by atoms with Crippen LogP contribution in [0.2, 0.25) is 0 Å². The van der Waals surface area contributed by atoms with Crippen LogP contribution < -0.4 is 5.32 Å². The van der Waals surface area contributed by atoms with Crippen molar-refractivity contribution in [1.82, 2.24) is 30.4 Å². The summed E-state index contributed by atoms with van der Waals surface area (Å²) < 4.78 is 7.22. The fourth-order valence-electron chi connectivity index (χ4n) is 3.14. The van der Waals surface area contributed by atoms with Gasteiger partial charge in [-0.2, -0.15) is 4.68 Å². The van der Waals surface area contributed by atoms with Gasteiger partial charge in [0, 0.05) is 6.54 Å². The lowest BCUT2D eigenvalue weighted by atomic mass is 10.2. The maximum Gasteiger partial charge on any atom is 0.230 e. The zero-order chi connectivity index (χ0) is 20.6. The van der Waals surface area contributed by atoms with Crippen LogP contribution in [0.3, 0.4) is 0 Å². The third-order valence-electron chi connectivity index (χ3n) is 4.64. The highest BCUT2D eigenvalue weighted by Crippen LogP contribution is 2.21. The summed E-state index contributed by atoms with van der Waals surface area (Å²) in [5.74, 6) is 1.01. The molecule has 3 aromatic rings. The van der Waals surface area contributed by atoms with Crippen molar-refractivity contribution in [3.05, 3.63) is 54.0 Å². The smallest absolute Gasteiger partial charge is 0.230 e. The first-order valence-corrected chi connectivity index (χ1v) is 10.6. The van der Waals surface area contributed by atoms with Crippen LogP contribution in [0.15, 0.2) is 52.2 Å². The van der Waals surface area contributed by atoms with Gasteiger partial charge in [-0.25, -0.2) is 0 Å². The van der Waals surface area contributed by atoms with Crippen molar-refractivity contribution in [2.75, 3.05) is 25.4 Å². The molecule has 154 valence electrons. The van der Waals surface area contributed by atoms with Gasteiger partial charge in [-0.3, -0.25) is 9.69 Å². The largest absolute Gasteiger partial charge is 0.468 e. The Kier molecular flexibility index (Phi) is 7.42. The maximum absolute atomic E-state index is 12.5. The third kappa shape index (κ3) is 5.45. The molecule has 0 saturated carbocycles. The molecule has 0 radical (unpaired) electrons. The van der Waals surface area contributed by atoms with Gasteiger partial charge in [0.2, 0.25) is 11.1 Å². The fourth-order valence-corrected chi connectivity index (χ4v) is 3.86. The Bertz CT molecular complexity index is 907. The van der Waals surface area contributed by atoms with Gasteiger partial charge in [0.15, 0.2) is 0 Å². The Morgan fingerprint density at radius 1 is 1.28 bits per heavy atom. The number of likely N-dealkylation sites (N-methyl/N-ethyl adjacent to an activating group) is 1. The molecule has 1 unspecified atom stereocenters. The van der Waals surface area contributed by atoms with Crippen LogP contribution in [0.1, 0.15) is 31.2 Å². The highest BCUT2D eigenvalue weighted by atomic mass is 32.2. The second-order valence-electron chi connectivity index (χ2n) is 6.56. The zero-order valence-corrected chi connectivity index (χ0v) is 17.7. The van der Waals surface area contributed by atoms with Crippen molar-refractivity contribution in [3.63, 3.8) is 0 Å². The molecule has 1 amide bonds. The number of carbonyl (C=O) groups excluding carboxylic acids is 1. The molecule has 0 aliphatic heterocycles. The van der Waals surface area contributed by atoms with Gasteiger partial charge >= 0.3 is 0 Å². The zero-order valence-electron chi connectivity index (χ0n) is 16.9. The molecular formula is C20H26N6O2S. The summed E-state index contributed by atoms with van der Waals surface area (Å²) in [7, 11) is 0. The topological polar surface area (TPSA) is 89.1 Å². The number of hydrogen-bond donors (Lipinski definition) is 1. The van der Waals surface area contributed by atoms with E-state index in [0.29, 0.717) is 11.7 Å². The molecule has 0 spiro atoms. The van der Waals surface area contributed by atoms with Gasteiger partial charge in [0.05, 0.1) is 23.7 Å². The molecule has 8 nitrogen and oxygen atoms in total. The van der Waals surface area contributed by atoms with E-state index in [9.17, 15) is 4.79 Å². The van der Waals surface area contributed by atoms with E-state index in [1.54, 1.807) is 10.9 Å². The molecule has 29 heavy (non-hydrogen) atoms. The van der Waals surface area contributed by atoms with Crippen LogP contribution in [0, 0.1) is 6.92 Å². The van der Waals surface area contributed by atoms with Gasteiger partial charge in [-0.1, -0.05) is 37.7 Å². The number of nitrogens with zero attached hydrogens (tertiary/aromatic N) is 5. The number of aryl methyl sites for hydroxylation is 1. The van der Waals surface area contributed by atoms with Crippen molar-refractivity contribution in [2.24, 2.45) is 0 Å². The van der Waals surface area contributed by atoms with E-state index >= 15 is 0 Å². The molecule has 0 aliphatic rings. The first kappa shape index (κ1) is 21.1. The Labute approximate surface area is 174 Å². The van der Waals surface area contributed by atoms with Crippen LogP contribution >= 0.6 is 11.8 Å². The Balaban J connectivity index is 1.58. The first-order chi connectivity index (χ1) is 14.1. The molecule has 9 heteroatoms. The van der Waals surface area contributed by atoms with Gasteiger partial charge in [-0.05, 0) is 60.3 Å². The van der Waals surface area contributed by atoms with E-state index in [1.807, 2.05) is 43.3 Å². The first-order valence-electron chi connectivity index (χ1n) is 9.64. The number of thioether (sulfide) groups is 1. The molecular weight excluding hydrogens is 388 g/mol. The fraction of sp³-hybridized carbons (Fsp3) is 0.400. The van der Waals surface area contributed by atoms with E-state index in [4.69, 9.17) is 4.42 Å². The number of rotatable bonds is 10. The molecule has 0 bridgehead atoms. The molecule has 2 heterocycles. The highest BCUT2D eigenvalue weighted by molar-refractivity contribution is 7.99. The van der Waals surface area contributed by atoms with E-state index in [-0.39, 0.29) is 17.7 Å². The molecule has 1 N–H and O–H groups in total. The highest BCUT2D eigenvalue weighted by Gasteiger charge is 2.21. The number of benzene rings is 1. The lowest BCUT2D eigenvalue weighted by molar-refractivity contribution is -0.118. The molecule has 0 fully saturated rings. The van der Waals surface area contributed by atoms with Crippen molar-refractivity contribution in [2.45, 2.75) is 32.0 Å². The summed E-state index contributed by atoms with van der Waals surface area (Å²) >= 11 is 1.31. The van der Waals surface area contributed by atoms with E-state index < -0.39 is 0 Å². The number of aromatic nitrogens is 4. The molecule has 2 aromatic heterocycles. The van der Waals surface area contributed by atoms with E-state index in [2.05, 4.69) is 39.6 Å². The SMILES string of the molecule is CCN(CC)C(CNC(=O)CSc1nnnn1-c1cccc(C)c1)c1ccco1. The molecule has 1 atom stereocenters. The predicted octanol–water partition coefficient (Wildman–Crippen LogP) is 2.86. The van der Waals surface area contributed by atoms with Crippen molar-refractivity contribution >= 4 is 17.7 Å². The van der Waals surface area contributed by atoms with Gasteiger partial charge in [0.25, 0.3) is 0 Å². The van der Waals surface area contributed by atoms with E-state index in [0.717, 1.165) is 30.1 Å². The van der Waals surface area contributed by atoms with Crippen LogP contribution in [0.5, 0.6) is 0 Å². The Morgan fingerprint density at radius 2 is 2.10 bits per heavy atom. The third-order valence-corrected chi connectivity index (χ3v) is 5.56. The molecule has 1 aromatic carbocycles. The average Bonchev–Trinajstić information content (AvgIpc) is 3.41. The number of nitrogens with one attached hydrogen (secondary N) is 1. The normalized spacial score (nSPS) is 12.3. The summed E-state index contributed by atoms with van der Waals surface area (Å²) in [5.41, 5.74) is 1.99. The lowest BCUT2D eigenvalue weighted by Crippen LogP contribution is -2.38. The van der Waals surface area contributed by atoms with Crippen LogP contribution in [0.25, 0.3) is 5.69 Å². The summed E-state index contributed by atoms with van der Waals surface area (Å²) in [4.78, 5) is 14.7. The van der Waals surface area contributed by atoms with Crippen LogP contribution in [0.4, 0.5) is 0 Å². The van der Waals surface area contributed by atoms with Gasteiger partial charge in [0.1, 0.15) is 5.76 Å². The predicted molar refractivity (Wildman–Crippen MR) is 112 cm³/mol. The van der Waals surface area contributed by atoms with Crippen molar-refractivity contribution in [1.29, 1.82) is 0 Å². The van der Waals surface area contributed by atoms with Crippen LogP contribution in [-0.4, -0.2) is 56.4 Å². The average molecular weight is 415 g/mol. The van der Waals surface area contributed by atoms with Gasteiger partial charge in [-0.15, -0.1) is 5.10 Å². The van der Waals surface area contributed by atoms with Gasteiger partial charge < -0.3 is 9.73 Å². The number of hydrogen-bond acceptors (Lipinski definition) is 7. The molecule has 0 aliphatic carbocycles. The molecule has 3 rings (SSSR count). The Hall–Kier alpha value is -2.65. The maximum atomic E-state index is 12.5. The van der Waals surface area contributed by atoms with E-state index in [1.165, 1.54) is 11.8 Å². The van der Waals surface area contributed by atoms with Crippen molar-refractivity contribution < 1.29 is 9.21 Å². The number of furan rings is 1. The summed E-state index contributed by atoms with van der Waals surface area (Å²) in [5, 5.41) is 15.4. The lowest BCUT2D eigenvalue weighted by Gasteiger charge is -2.28. The minimum Gasteiger partial charge on any atom is -0.468 e. The summed E-state index contributed by atoms with van der Waals surface area (Å²) in [6, 6.07) is 11.7. The minimum absolute atomic E-state index is 0.00608. The second kappa shape index (κ2) is 10.2. The summed E-state index contributed by atoms with van der Waals surface area (Å²) in [6.45, 7) is 8.44. The van der Waals surface area contributed by atoms with Crippen molar-refractivity contribution in [3.8, 4) is 5.69 Å². The monoisotopic (exact) mass is 414 g/mol. The number of amides is 1. The summed E-state index contributed by atoms with van der Waals surface area (Å²) in [6.07, 6.45) is 1.66.